The van der Waals surface area contributed by atoms with Gasteiger partial charge in [0.2, 0.25) is 15.9 Å². The second-order valence-corrected chi connectivity index (χ2v) is 9.23. The number of rotatable bonds is 5. The minimum absolute atomic E-state index is 0.271. The van der Waals surface area contributed by atoms with Gasteiger partial charge >= 0.3 is 0 Å². The third kappa shape index (κ3) is 4.42. The number of carbonyl (C=O) groups excluding carboxylic acids is 1. The van der Waals surface area contributed by atoms with Crippen molar-refractivity contribution >= 4 is 15.9 Å². The monoisotopic (exact) mass is 364 g/mol. The van der Waals surface area contributed by atoms with E-state index >= 15 is 0 Å². The molecule has 25 heavy (non-hydrogen) atoms. The van der Waals surface area contributed by atoms with E-state index in [1.165, 1.54) is 0 Å². The molecule has 1 aromatic rings. The molecule has 0 N–H and O–H groups in total. The van der Waals surface area contributed by atoms with Gasteiger partial charge in [0, 0.05) is 32.6 Å². The normalized spacial score (nSPS) is 20.1. The number of likely N-dealkylation sites (tertiary alicyclic amines) is 1. The lowest BCUT2D eigenvalue weighted by Gasteiger charge is -2.31. The first-order valence-electron chi connectivity index (χ1n) is 9.31. The van der Waals surface area contributed by atoms with E-state index < -0.39 is 10.0 Å². The summed E-state index contributed by atoms with van der Waals surface area (Å²) >= 11 is 0. The van der Waals surface area contributed by atoms with Gasteiger partial charge in [-0.1, -0.05) is 17.7 Å². The minimum Gasteiger partial charge on any atom is -0.343 e. The maximum atomic E-state index is 12.7. The smallest absolute Gasteiger partial charge is 0.243 e. The van der Waals surface area contributed by atoms with Gasteiger partial charge in [0.1, 0.15) is 0 Å². The van der Waals surface area contributed by atoms with Crippen LogP contribution in [0.15, 0.2) is 29.2 Å². The zero-order valence-corrected chi connectivity index (χ0v) is 15.8. The van der Waals surface area contributed by atoms with Crippen molar-refractivity contribution in [2.75, 3.05) is 26.2 Å². The van der Waals surface area contributed by atoms with E-state index in [-0.39, 0.29) is 5.91 Å². The Bertz CT molecular complexity index is 686. The summed E-state index contributed by atoms with van der Waals surface area (Å²) in [6.45, 7) is 4.88. The van der Waals surface area contributed by atoms with Crippen LogP contribution in [0.1, 0.15) is 44.1 Å². The second-order valence-electron chi connectivity index (χ2n) is 7.29. The average Bonchev–Trinajstić information content (AvgIpc) is 3.15. The van der Waals surface area contributed by atoms with E-state index in [9.17, 15) is 13.2 Å². The summed E-state index contributed by atoms with van der Waals surface area (Å²) in [5, 5.41) is 0. The molecule has 2 saturated heterocycles. The molecular weight excluding hydrogens is 336 g/mol. The van der Waals surface area contributed by atoms with E-state index in [1.54, 1.807) is 16.4 Å². The number of piperidine rings is 1. The molecule has 0 atom stereocenters. The minimum atomic E-state index is -3.39. The highest BCUT2D eigenvalue weighted by atomic mass is 32.2. The Labute approximate surface area is 151 Å². The van der Waals surface area contributed by atoms with Crippen LogP contribution in [0.4, 0.5) is 0 Å². The molecule has 0 radical (unpaired) electrons. The molecule has 1 amide bonds. The molecule has 1 aromatic carbocycles. The first kappa shape index (κ1) is 18.4. The van der Waals surface area contributed by atoms with Crippen molar-refractivity contribution in [2.24, 2.45) is 5.92 Å². The van der Waals surface area contributed by atoms with Crippen molar-refractivity contribution in [3.05, 3.63) is 29.8 Å². The number of amides is 1. The molecule has 0 spiro atoms. The van der Waals surface area contributed by atoms with Gasteiger partial charge in [-0.2, -0.15) is 4.31 Å². The van der Waals surface area contributed by atoms with Crippen molar-refractivity contribution in [1.29, 1.82) is 0 Å². The fraction of sp³-hybridized carbons (Fsp3) is 0.632. The van der Waals surface area contributed by atoms with Crippen LogP contribution in [0.5, 0.6) is 0 Å². The number of aryl methyl sites for hydroxylation is 1. The first-order valence-corrected chi connectivity index (χ1v) is 10.8. The molecule has 0 aromatic heterocycles. The third-order valence-corrected chi connectivity index (χ3v) is 7.37. The molecule has 0 unspecified atom stereocenters. The van der Waals surface area contributed by atoms with Crippen LogP contribution in [0.3, 0.4) is 0 Å². The fourth-order valence-corrected chi connectivity index (χ4v) is 5.22. The Morgan fingerprint density at radius 1 is 1.04 bits per heavy atom. The number of sulfonamides is 1. The standard InChI is InChI=1S/C19H28N2O3S/c1-16-4-7-18(8-5-16)25(23,24)21-14-10-17(11-15-21)6-9-19(22)20-12-2-3-13-20/h4-5,7-8,17H,2-3,6,9-15H2,1H3. The SMILES string of the molecule is Cc1ccc(S(=O)(=O)N2CCC(CCC(=O)N3CCCC3)CC2)cc1. The van der Waals surface area contributed by atoms with Crippen molar-refractivity contribution in [3.8, 4) is 0 Å². The van der Waals surface area contributed by atoms with Crippen LogP contribution in [0.2, 0.25) is 0 Å². The van der Waals surface area contributed by atoms with Crippen molar-refractivity contribution in [3.63, 3.8) is 0 Å². The lowest BCUT2D eigenvalue weighted by molar-refractivity contribution is -0.130. The Balaban J connectivity index is 1.49. The summed E-state index contributed by atoms with van der Waals surface area (Å²) in [6.07, 6.45) is 5.43. The number of benzene rings is 1. The first-order chi connectivity index (χ1) is 12.0. The molecule has 0 aliphatic carbocycles. The lowest BCUT2D eigenvalue weighted by atomic mass is 9.93. The van der Waals surface area contributed by atoms with Gasteiger partial charge in [-0.05, 0) is 57.1 Å². The highest BCUT2D eigenvalue weighted by Gasteiger charge is 2.29. The Morgan fingerprint density at radius 3 is 2.24 bits per heavy atom. The Kier molecular flexibility index (Phi) is 5.79. The summed E-state index contributed by atoms with van der Waals surface area (Å²) < 4.78 is 27.0. The van der Waals surface area contributed by atoms with Gasteiger partial charge in [-0.3, -0.25) is 4.79 Å². The number of nitrogens with zero attached hydrogens (tertiary/aromatic N) is 2. The van der Waals surface area contributed by atoms with Gasteiger partial charge in [0.25, 0.3) is 0 Å². The topological polar surface area (TPSA) is 57.7 Å². The van der Waals surface area contributed by atoms with E-state index in [2.05, 4.69) is 0 Å². The van der Waals surface area contributed by atoms with Crippen LogP contribution in [0.25, 0.3) is 0 Å². The van der Waals surface area contributed by atoms with Gasteiger partial charge < -0.3 is 4.90 Å². The molecule has 2 aliphatic heterocycles. The molecule has 6 heteroatoms. The lowest BCUT2D eigenvalue weighted by Crippen LogP contribution is -2.38. The molecular formula is C19H28N2O3S. The van der Waals surface area contributed by atoms with Crippen molar-refractivity contribution in [1.82, 2.24) is 9.21 Å². The maximum Gasteiger partial charge on any atom is 0.243 e. The largest absolute Gasteiger partial charge is 0.343 e. The van der Waals surface area contributed by atoms with Gasteiger partial charge in [0.05, 0.1) is 4.90 Å². The van der Waals surface area contributed by atoms with Gasteiger partial charge in [-0.25, -0.2) is 8.42 Å². The quantitative estimate of drug-likeness (QED) is 0.807. The summed E-state index contributed by atoms with van der Waals surface area (Å²) in [5.41, 5.74) is 1.06. The van der Waals surface area contributed by atoms with Crippen molar-refractivity contribution < 1.29 is 13.2 Å². The molecule has 2 heterocycles. The zero-order valence-electron chi connectivity index (χ0n) is 15.0. The highest BCUT2D eigenvalue weighted by molar-refractivity contribution is 7.89. The van der Waals surface area contributed by atoms with Crippen LogP contribution in [-0.4, -0.2) is 49.7 Å². The zero-order chi connectivity index (χ0) is 17.9. The third-order valence-electron chi connectivity index (χ3n) is 5.46. The number of carbonyl (C=O) groups is 1. The average molecular weight is 365 g/mol. The van der Waals surface area contributed by atoms with E-state index in [0.29, 0.717) is 30.3 Å². The Hall–Kier alpha value is -1.40. The van der Waals surface area contributed by atoms with Crippen LogP contribution in [-0.2, 0) is 14.8 Å². The molecule has 5 nitrogen and oxygen atoms in total. The van der Waals surface area contributed by atoms with Crippen molar-refractivity contribution in [2.45, 2.75) is 50.3 Å². The molecule has 3 rings (SSSR count). The molecule has 2 fully saturated rings. The van der Waals surface area contributed by atoms with Crippen LogP contribution >= 0.6 is 0 Å². The summed E-state index contributed by atoms with van der Waals surface area (Å²) in [6, 6.07) is 7.05. The Morgan fingerprint density at radius 2 is 1.64 bits per heavy atom. The maximum absolute atomic E-state index is 12.7. The van der Waals surface area contributed by atoms with Crippen LogP contribution in [0, 0.1) is 12.8 Å². The molecule has 138 valence electrons. The van der Waals surface area contributed by atoms with Gasteiger partial charge in [0.15, 0.2) is 0 Å². The summed E-state index contributed by atoms with van der Waals surface area (Å²) in [7, 11) is -3.39. The highest BCUT2D eigenvalue weighted by Crippen LogP contribution is 2.27. The van der Waals surface area contributed by atoms with E-state index in [1.807, 2.05) is 24.0 Å². The second kappa shape index (κ2) is 7.87. The number of hydrogen-bond acceptors (Lipinski definition) is 3. The fourth-order valence-electron chi connectivity index (χ4n) is 3.75. The van der Waals surface area contributed by atoms with Crippen LogP contribution < -0.4 is 0 Å². The predicted octanol–water partition coefficient (Wildman–Crippen LogP) is 2.80. The molecule has 2 aliphatic rings. The summed E-state index contributed by atoms with van der Waals surface area (Å²) in [5.74, 6) is 0.725. The van der Waals surface area contributed by atoms with E-state index in [0.717, 1.165) is 50.8 Å². The van der Waals surface area contributed by atoms with E-state index in [4.69, 9.17) is 0 Å². The molecule has 0 bridgehead atoms. The van der Waals surface area contributed by atoms with Gasteiger partial charge in [-0.15, -0.1) is 0 Å². The summed E-state index contributed by atoms with van der Waals surface area (Å²) in [4.78, 5) is 14.5. The number of hydrogen-bond donors (Lipinski definition) is 0. The predicted molar refractivity (Wildman–Crippen MR) is 97.7 cm³/mol. The molecule has 0 saturated carbocycles.